The number of hydrogen-bond acceptors (Lipinski definition) is 0. The molecule has 0 atom stereocenters. The lowest BCUT2D eigenvalue weighted by atomic mass is 9.80. The highest BCUT2D eigenvalue weighted by Gasteiger charge is 2.35. The minimum Gasteiger partial charge on any atom is -0.0610 e. The summed E-state index contributed by atoms with van der Waals surface area (Å²) < 4.78 is 0. The van der Waals surface area contributed by atoms with Crippen LogP contribution in [-0.4, -0.2) is 0 Å². The average Bonchev–Trinajstić information content (AvgIpc) is 3.35. The van der Waals surface area contributed by atoms with E-state index < -0.39 is 0 Å². The number of hydrogen-bond donors (Lipinski definition) is 0. The Morgan fingerprint density at radius 2 is 0.735 bits per heavy atom. The van der Waals surface area contributed by atoms with E-state index in [2.05, 4.69) is 159 Å². The van der Waals surface area contributed by atoms with Gasteiger partial charge in [-0.15, -0.1) is 0 Å². The highest BCUT2D eigenvalue weighted by atomic mass is 14.4. The Kier molecular flexibility index (Phi) is 5.38. The Hall–Kier alpha value is -5.72. The molecule has 0 saturated carbocycles. The lowest BCUT2D eigenvalue weighted by Crippen LogP contribution is -2.15. The van der Waals surface area contributed by atoms with Gasteiger partial charge in [0.25, 0.3) is 0 Å². The molecule has 0 nitrogen and oxygen atoms in total. The molecule has 0 fully saturated rings. The van der Waals surface area contributed by atoms with E-state index in [1.165, 1.54) is 109 Å². The van der Waals surface area contributed by atoms with Gasteiger partial charge in [-0.3, -0.25) is 0 Å². The van der Waals surface area contributed by atoms with Gasteiger partial charge in [-0.05, 0) is 122 Å². The van der Waals surface area contributed by atoms with Crippen molar-refractivity contribution in [3.63, 3.8) is 0 Å². The van der Waals surface area contributed by atoms with Crippen LogP contribution in [0.3, 0.4) is 0 Å². The van der Waals surface area contributed by atoms with E-state index in [1.54, 1.807) is 0 Å². The summed E-state index contributed by atoms with van der Waals surface area (Å²) in [4.78, 5) is 0. The molecule has 11 rings (SSSR count). The van der Waals surface area contributed by atoms with Crippen LogP contribution in [0.25, 0.3) is 75.8 Å². The molecule has 49 heavy (non-hydrogen) atoms. The first-order valence-electron chi connectivity index (χ1n) is 17.6. The molecule has 0 amide bonds. The van der Waals surface area contributed by atoms with Gasteiger partial charge >= 0.3 is 0 Å². The topological polar surface area (TPSA) is 0 Å². The van der Waals surface area contributed by atoms with Crippen LogP contribution in [0.4, 0.5) is 0 Å². The summed E-state index contributed by atoms with van der Waals surface area (Å²) in [5, 5.41) is 16.3. The summed E-state index contributed by atoms with van der Waals surface area (Å²) >= 11 is 0. The maximum absolute atomic E-state index is 2.49. The third-order valence-corrected chi connectivity index (χ3v) is 11.8. The number of rotatable bonds is 4. The number of fused-ring (bicyclic) bond motifs is 3. The van der Waals surface area contributed by atoms with E-state index >= 15 is 0 Å². The summed E-state index contributed by atoms with van der Waals surface area (Å²) in [6, 6.07) is 55.5. The lowest BCUT2D eigenvalue weighted by molar-refractivity contribution is 0.658. The largest absolute Gasteiger partial charge is 0.0610 e. The summed E-state index contributed by atoms with van der Waals surface area (Å²) in [6.07, 6.45) is 1.85. The van der Waals surface area contributed by atoms with E-state index in [-0.39, 0.29) is 5.41 Å². The standard InChI is InChI=1S/C49H34/c1-49(2)43-27-29(25-37-17-15-35-13-11-31-5-3-7-33-19-23-39(37)47(35)45(31)33)9-21-41(43)42-22-10-30(28-44(42)49)26-38-18-16-36-14-12-32-6-4-8-34-20-24-40(38)48(36)46(32)34/h3-24,27-28H,25-26H2,1-2H3. The van der Waals surface area contributed by atoms with Crippen molar-refractivity contribution in [1.29, 1.82) is 0 Å². The van der Waals surface area contributed by atoms with Gasteiger partial charge in [0.05, 0.1) is 0 Å². The maximum Gasteiger partial charge on any atom is 0.0159 e. The highest BCUT2D eigenvalue weighted by molar-refractivity contribution is 6.24. The summed E-state index contributed by atoms with van der Waals surface area (Å²) in [5.41, 5.74) is 11.1. The molecule has 0 bridgehead atoms. The first kappa shape index (κ1) is 27.3. The van der Waals surface area contributed by atoms with E-state index in [1.807, 2.05) is 0 Å². The molecule has 0 radical (unpaired) electrons. The van der Waals surface area contributed by atoms with Gasteiger partial charge in [0.2, 0.25) is 0 Å². The van der Waals surface area contributed by atoms with Crippen molar-refractivity contribution in [1.82, 2.24) is 0 Å². The minimum absolute atomic E-state index is 0.0675. The molecule has 0 saturated heterocycles. The Morgan fingerprint density at radius 3 is 1.16 bits per heavy atom. The van der Waals surface area contributed by atoms with Gasteiger partial charge < -0.3 is 0 Å². The van der Waals surface area contributed by atoms with Gasteiger partial charge in [0.15, 0.2) is 0 Å². The zero-order valence-electron chi connectivity index (χ0n) is 27.8. The van der Waals surface area contributed by atoms with Gasteiger partial charge in [0, 0.05) is 5.41 Å². The van der Waals surface area contributed by atoms with E-state index in [0.29, 0.717) is 0 Å². The van der Waals surface area contributed by atoms with Crippen LogP contribution >= 0.6 is 0 Å². The number of benzene rings is 10. The van der Waals surface area contributed by atoms with Crippen molar-refractivity contribution in [2.24, 2.45) is 0 Å². The van der Waals surface area contributed by atoms with E-state index in [4.69, 9.17) is 0 Å². The lowest BCUT2D eigenvalue weighted by Gasteiger charge is -2.23. The molecule has 0 spiro atoms. The smallest absolute Gasteiger partial charge is 0.0159 e. The zero-order chi connectivity index (χ0) is 32.4. The second kappa shape index (κ2) is 9.68. The SMILES string of the molecule is CC1(C)c2cc(Cc3ccc4ccc5cccc6ccc3c4c56)ccc2-c2ccc(Cc3ccc4ccc5cccc6ccc3c4c56)cc21. The molecule has 1 aliphatic carbocycles. The van der Waals surface area contributed by atoms with Crippen LogP contribution in [0, 0.1) is 0 Å². The molecular weight excluding hydrogens is 589 g/mol. The van der Waals surface area contributed by atoms with Crippen LogP contribution in [0.5, 0.6) is 0 Å². The predicted molar refractivity (Wildman–Crippen MR) is 210 cm³/mol. The quantitative estimate of drug-likeness (QED) is 0.171. The molecule has 0 heteroatoms. The molecule has 10 aromatic rings. The predicted octanol–water partition coefficient (Wildman–Crippen LogP) is 13.0. The van der Waals surface area contributed by atoms with Crippen LogP contribution in [0.15, 0.2) is 146 Å². The third kappa shape index (κ3) is 3.80. The third-order valence-electron chi connectivity index (χ3n) is 11.8. The Bertz CT molecular complexity index is 2720. The Balaban J connectivity index is 0.959. The van der Waals surface area contributed by atoms with Gasteiger partial charge in [-0.1, -0.05) is 159 Å². The van der Waals surface area contributed by atoms with Crippen LogP contribution in [0.1, 0.15) is 47.2 Å². The normalized spacial score (nSPS) is 13.8. The molecule has 0 heterocycles. The van der Waals surface area contributed by atoms with Crippen molar-refractivity contribution < 1.29 is 0 Å². The summed E-state index contributed by atoms with van der Waals surface area (Å²) in [6.45, 7) is 4.83. The molecule has 10 aromatic carbocycles. The van der Waals surface area contributed by atoms with Crippen LogP contribution in [0.2, 0.25) is 0 Å². The average molecular weight is 623 g/mol. The fourth-order valence-electron chi connectivity index (χ4n) is 9.39. The van der Waals surface area contributed by atoms with Crippen LogP contribution < -0.4 is 0 Å². The molecule has 1 aliphatic rings. The molecule has 0 aromatic heterocycles. The monoisotopic (exact) mass is 622 g/mol. The van der Waals surface area contributed by atoms with Gasteiger partial charge in [-0.25, -0.2) is 0 Å². The van der Waals surface area contributed by atoms with Crippen molar-refractivity contribution in [3.05, 3.63) is 179 Å². The molecular formula is C49H34. The molecule has 0 N–H and O–H groups in total. The first-order chi connectivity index (χ1) is 24.0. The maximum atomic E-state index is 2.49. The fraction of sp³-hybridized carbons (Fsp3) is 0.102. The minimum atomic E-state index is -0.0675. The van der Waals surface area contributed by atoms with Crippen molar-refractivity contribution in [3.8, 4) is 11.1 Å². The van der Waals surface area contributed by atoms with Crippen molar-refractivity contribution >= 4 is 64.6 Å². The van der Waals surface area contributed by atoms with Crippen molar-refractivity contribution in [2.75, 3.05) is 0 Å². The summed E-state index contributed by atoms with van der Waals surface area (Å²) in [7, 11) is 0. The Morgan fingerprint density at radius 1 is 0.367 bits per heavy atom. The van der Waals surface area contributed by atoms with Crippen LogP contribution in [-0.2, 0) is 18.3 Å². The Labute approximate surface area is 285 Å². The van der Waals surface area contributed by atoms with E-state index in [9.17, 15) is 0 Å². The molecule has 230 valence electrons. The second-order valence-corrected chi connectivity index (χ2v) is 14.9. The van der Waals surface area contributed by atoms with Crippen molar-refractivity contribution in [2.45, 2.75) is 32.1 Å². The summed E-state index contributed by atoms with van der Waals surface area (Å²) in [5.74, 6) is 0. The van der Waals surface area contributed by atoms with Gasteiger partial charge in [-0.2, -0.15) is 0 Å². The second-order valence-electron chi connectivity index (χ2n) is 14.9. The fourth-order valence-corrected chi connectivity index (χ4v) is 9.39. The zero-order valence-corrected chi connectivity index (χ0v) is 27.8. The molecule has 0 aliphatic heterocycles. The van der Waals surface area contributed by atoms with E-state index in [0.717, 1.165) is 12.8 Å². The highest BCUT2D eigenvalue weighted by Crippen LogP contribution is 2.50. The first-order valence-corrected chi connectivity index (χ1v) is 17.6. The molecule has 0 unspecified atom stereocenters. The van der Waals surface area contributed by atoms with Gasteiger partial charge in [0.1, 0.15) is 0 Å².